The second-order valence-electron chi connectivity index (χ2n) is 5.06. The number of rotatable bonds is 3. The first-order chi connectivity index (χ1) is 9.83. The maximum absolute atomic E-state index is 12.1. The molecule has 1 aromatic rings. The van der Waals surface area contributed by atoms with Crippen LogP contribution in [0.3, 0.4) is 0 Å². The predicted octanol–water partition coefficient (Wildman–Crippen LogP) is 1.76. The van der Waals surface area contributed by atoms with Crippen molar-refractivity contribution in [2.45, 2.75) is 25.4 Å². The van der Waals surface area contributed by atoms with Crippen LogP contribution in [0.4, 0.5) is 0 Å². The van der Waals surface area contributed by atoms with Crippen molar-refractivity contribution in [1.29, 1.82) is 0 Å². The Labute approximate surface area is 118 Å². The molecule has 3 rings (SSSR count). The number of amides is 1. The second kappa shape index (κ2) is 6.13. The van der Waals surface area contributed by atoms with Gasteiger partial charge in [0.05, 0.1) is 19.3 Å². The Morgan fingerprint density at radius 1 is 1.15 bits per heavy atom. The topological polar surface area (TPSA) is 56.8 Å². The first kappa shape index (κ1) is 13.2. The van der Waals surface area contributed by atoms with Gasteiger partial charge in [-0.3, -0.25) is 4.79 Å². The van der Waals surface area contributed by atoms with Gasteiger partial charge in [-0.25, -0.2) is 0 Å². The van der Waals surface area contributed by atoms with Crippen LogP contribution in [-0.4, -0.2) is 38.4 Å². The average Bonchev–Trinajstić information content (AvgIpc) is 2.88. The van der Waals surface area contributed by atoms with E-state index in [0.717, 1.165) is 25.9 Å². The van der Waals surface area contributed by atoms with E-state index in [2.05, 4.69) is 5.32 Å². The predicted molar refractivity (Wildman–Crippen MR) is 73.4 cm³/mol. The molecule has 1 atom stereocenters. The smallest absolute Gasteiger partial charge is 0.251 e. The Bertz CT molecular complexity index is 483. The number of fused-ring (bicyclic) bond motifs is 1. The zero-order valence-corrected chi connectivity index (χ0v) is 11.4. The van der Waals surface area contributed by atoms with Crippen molar-refractivity contribution in [2.75, 3.05) is 26.4 Å². The van der Waals surface area contributed by atoms with E-state index in [1.165, 1.54) is 0 Å². The number of carbonyl (C=O) groups is 1. The number of carbonyl (C=O) groups excluding carboxylic acids is 1. The first-order valence-corrected chi connectivity index (χ1v) is 7.12. The largest absolute Gasteiger partial charge is 0.490 e. The average molecular weight is 277 g/mol. The van der Waals surface area contributed by atoms with E-state index in [4.69, 9.17) is 14.2 Å². The summed E-state index contributed by atoms with van der Waals surface area (Å²) in [5.74, 6) is 1.25. The Morgan fingerprint density at radius 3 is 2.80 bits per heavy atom. The van der Waals surface area contributed by atoms with Gasteiger partial charge < -0.3 is 19.5 Å². The highest BCUT2D eigenvalue weighted by atomic mass is 16.5. The van der Waals surface area contributed by atoms with Crippen molar-refractivity contribution in [3.8, 4) is 11.5 Å². The molecule has 0 spiro atoms. The van der Waals surface area contributed by atoms with E-state index >= 15 is 0 Å². The summed E-state index contributed by atoms with van der Waals surface area (Å²) >= 11 is 0. The van der Waals surface area contributed by atoms with Gasteiger partial charge in [0.2, 0.25) is 0 Å². The first-order valence-electron chi connectivity index (χ1n) is 7.12. The maximum atomic E-state index is 12.1. The fourth-order valence-corrected chi connectivity index (χ4v) is 2.42. The Kier molecular flexibility index (Phi) is 4.06. The number of nitrogens with one attached hydrogen (secondary N) is 1. The summed E-state index contributed by atoms with van der Waals surface area (Å²) in [5, 5.41) is 2.90. The zero-order valence-electron chi connectivity index (χ0n) is 11.4. The normalized spacial score (nSPS) is 21.3. The van der Waals surface area contributed by atoms with E-state index in [1.54, 1.807) is 18.2 Å². The van der Waals surface area contributed by atoms with Crippen LogP contribution in [0, 0.1) is 0 Å². The number of hydrogen-bond donors (Lipinski definition) is 1. The van der Waals surface area contributed by atoms with Gasteiger partial charge in [-0.15, -0.1) is 0 Å². The summed E-state index contributed by atoms with van der Waals surface area (Å²) in [6.45, 7) is 2.63. The van der Waals surface area contributed by atoms with Crippen LogP contribution in [0.1, 0.15) is 29.6 Å². The molecule has 0 radical (unpaired) electrons. The van der Waals surface area contributed by atoms with E-state index in [9.17, 15) is 4.79 Å². The van der Waals surface area contributed by atoms with Gasteiger partial charge in [0.25, 0.3) is 5.91 Å². The van der Waals surface area contributed by atoms with Gasteiger partial charge >= 0.3 is 0 Å². The molecule has 0 unspecified atom stereocenters. The van der Waals surface area contributed by atoms with E-state index in [0.29, 0.717) is 36.8 Å². The van der Waals surface area contributed by atoms with Crippen LogP contribution < -0.4 is 14.8 Å². The summed E-state index contributed by atoms with van der Waals surface area (Å²) in [6, 6.07) is 5.30. The second-order valence-corrected chi connectivity index (χ2v) is 5.06. The van der Waals surface area contributed by atoms with Crippen LogP contribution in [0.15, 0.2) is 18.2 Å². The summed E-state index contributed by atoms with van der Waals surface area (Å²) in [5.41, 5.74) is 0.590. The Balaban J connectivity index is 1.63. The standard InChI is InChI=1S/C15H19NO4/c17-15(16-10-12-3-1-6-18-12)11-4-5-13-14(9-11)20-8-2-7-19-13/h4-5,9,12H,1-3,6-8,10H2,(H,16,17)/t12-/m1/s1. The minimum Gasteiger partial charge on any atom is -0.490 e. The Hall–Kier alpha value is -1.75. The summed E-state index contributed by atoms with van der Waals surface area (Å²) in [4.78, 5) is 12.1. The molecule has 5 heteroatoms. The van der Waals surface area contributed by atoms with Gasteiger partial charge in [-0.1, -0.05) is 0 Å². The highest BCUT2D eigenvalue weighted by Crippen LogP contribution is 2.30. The SMILES string of the molecule is O=C(NC[C@H]1CCCO1)c1ccc2c(c1)OCCCO2. The van der Waals surface area contributed by atoms with Crippen LogP contribution in [-0.2, 0) is 4.74 Å². The molecule has 1 amide bonds. The van der Waals surface area contributed by atoms with Crippen LogP contribution in [0.25, 0.3) is 0 Å². The molecule has 2 aliphatic rings. The fourth-order valence-electron chi connectivity index (χ4n) is 2.42. The molecule has 2 aliphatic heterocycles. The van der Waals surface area contributed by atoms with Gasteiger partial charge in [0.15, 0.2) is 11.5 Å². The minimum absolute atomic E-state index is 0.101. The van der Waals surface area contributed by atoms with Crippen molar-refractivity contribution in [2.24, 2.45) is 0 Å². The van der Waals surface area contributed by atoms with E-state index in [-0.39, 0.29) is 12.0 Å². The summed E-state index contributed by atoms with van der Waals surface area (Å²) in [6.07, 6.45) is 3.10. The number of hydrogen-bond acceptors (Lipinski definition) is 4. The van der Waals surface area contributed by atoms with Gasteiger partial charge in [0.1, 0.15) is 0 Å². The quantitative estimate of drug-likeness (QED) is 0.914. The zero-order chi connectivity index (χ0) is 13.8. The van der Waals surface area contributed by atoms with E-state index < -0.39 is 0 Å². The lowest BCUT2D eigenvalue weighted by Crippen LogP contribution is -2.31. The molecule has 0 saturated carbocycles. The van der Waals surface area contributed by atoms with Crippen LogP contribution >= 0.6 is 0 Å². The van der Waals surface area contributed by atoms with Crippen molar-refractivity contribution in [1.82, 2.24) is 5.32 Å². The van der Waals surface area contributed by atoms with Gasteiger partial charge in [0, 0.05) is 25.1 Å². The van der Waals surface area contributed by atoms with Gasteiger partial charge in [-0.05, 0) is 31.0 Å². The van der Waals surface area contributed by atoms with E-state index in [1.807, 2.05) is 0 Å². The lowest BCUT2D eigenvalue weighted by Gasteiger charge is -2.12. The lowest BCUT2D eigenvalue weighted by molar-refractivity contribution is 0.0857. The molecule has 1 fully saturated rings. The Morgan fingerprint density at radius 2 is 2.00 bits per heavy atom. The third kappa shape index (κ3) is 3.04. The molecule has 2 heterocycles. The van der Waals surface area contributed by atoms with Crippen molar-refractivity contribution in [3.63, 3.8) is 0 Å². The molecule has 1 N–H and O–H groups in total. The molecule has 1 saturated heterocycles. The highest BCUT2D eigenvalue weighted by Gasteiger charge is 2.18. The minimum atomic E-state index is -0.101. The van der Waals surface area contributed by atoms with Crippen LogP contribution in [0.5, 0.6) is 11.5 Å². The number of benzene rings is 1. The molecule has 1 aromatic carbocycles. The molecule has 0 aliphatic carbocycles. The number of ether oxygens (including phenoxy) is 3. The summed E-state index contributed by atoms with van der Waals surface area (Å²) < 4.78 is 16.6. The maximum Gasteiger partial charge on any atom is 0.251 e. The van der Waals surface area contributed by atoms with Crippen molar-refractivity contribution >= 4 is 5.91 Å². The molecule has 0 bridgehead atoms. The van der Waals surface area contributed by atoms with Gasteiger partial charge in [-0.2, -0.15) is 0 Å². The molecular weight excluding hydrogens is 258 g/mol. The molecule has 0 aromatic heterocycles. The van der Waals surface area contributed by atoms with Crippen molar-refractivity contribution in [3.05, 3.63) is 23.8 Å². The molecule has 108 valence electrons. The van der Waals surface area contributed by atoms with Crippen LogP contribution in [0.2, 0.25) is 0 Å². The molecule has 5 nitrogen and oxygen atoms in total. The lowest BCUT2D eigenvalue weighted by atomic mass is 10.1. The molecule has 20 heavy (non-hydrogen) atoms. The third-order valence-electron chi connectivity index (χ3n) is 3.52. The monoisotopic (exact) mass is 277 g/mol. The molecular formula is C15H19NO4. The fraction of sp³-hybridized carbons (Fsp3) is 0.533. The third-order valence-corrected chi connectivity index (χ3v) is 3.52. The summed E-state index contributed by atoms with van der Waals surface area (Å²) in [7, 11) is 0. The highest BCUT2D eigenvalue weighted by molar-refractivity contribution is 5.94. The van der Waals surface area contributed by atoms with Crippen molar-refractivity contribution < 1.29 is 19.0 Å².